The fourth-order valence-electron chi connectivity index (χ4n) is 4.32. The molecule has 0 aromatic heterocycles. The number of hydrogen-bond acceptors (Lipinski definition) is 6. The average Bonchev–Trinajstić information content (AvgIpc) is 3.37. The van der Waals surface area contributed by atoms with Crippen molar-refractivity contribution in [1.82, 2.24) is 10.2 Å². The maximum atomic E-state index is 13.4. The van der Waals surface area contributed by atoms with Gasteiger partial charge in [0.25, 0.3) is 5.91 Å². The number of thioether (sulfide) groups is 1. The molecule has 2 atom stereocenters. The second-order valence-electron chi connectivity index (χ2n) is 7.66. The van der Waals surface area contributed by atoms with E-state index in [4.69, 9.17) is 9.47 Å². The Morgan fingerprint density at radius 3 is 2.77 bits per heavy atom. The minimum Gasteiger partial charge on any atom is -0.454 e. The van der Waals surface area contributed by atoms with E-state index in [1.807, 2.05) is 30.5 Å². The molecular weight excluding hydrogens is 418 g/mol. The second kappa shape index (κ2) is 7.81. The number of nitrogens with zero attached hydrogens (tertiary/aromatic N) is 1. The van der Waals surface area contributed by atoms with Gasteiger partial charge in [0.05, 0.1) is 23.0 Å². The zero-order valence-corrected chi connectivity index (χ0v) is 17.7. The largest absolute Gasteiger partial charge is 0.454 e. The van der Waals surface area contributed by atoms with E-state index < -0.39 is 12.1 Å². The normalized spacial score (nSPS) is 21.3. The van der Waals surface area contributed by atoms with Gasteiger partial charge in [0.15, 0.2) is 11.5 Å². The summed E-state index contributed by atoms with van der Waals surface area (Å²) in [5, 5.41) is 5.78. The Hall–Kier alpha value is -3.20. The molecule has 3 heterocycles. The molecule has 160 valence electrons. The molecule has 0 saturated carbocycles. The van der Waals surface area contributed by atoms with Crippen LogP contribution in [0.3, 0.4) is 0 Å². The highest BCUT2D eigenvalue weighted by atomic mass is 32.2. The van der Waals surface area contributed by atoms with Crippen LogP contribution in [0.4, 0.5) is 5.69 Å². The van der Waals surface area contributed by atoms with Gasteiger partial charge in [-0.1, -0.05) is 12.1 Å². The number of amides is 3. The number of hydrogen-bond donors (Lipinski definition) is 2. The topological polar surface area (TPSA) is 97.0 Å². The minimum atomic E-state index is -0.723. The molecular formula is C22H21N3O5S. The van der Waals surface area contributed by atoms with Crippen LogP contribution >= 0.6 is 11.8 Å². The van der Waals surface area contributed by atoms with Crippen LogP contribution in [0.5, 0.6) is 11.5 Å². The summed E-state index contributed by atoms with van der Waals surface area (Å²) in [4.78, 5) is 39.9. The van der Waals surface area contributed by atoms with Crippen LogP contribution in [0.2, 0.25) is 0 Å². The van der Waals surface area contributed by atoms with Crippen molar-refractivity contribution in [3.8, 4) is 22.6 Å². The lowest BCUT2D eigenvalue weighted by Crippen LogP contribution is -2.51. The van der Waals surface area contributed by atoms with E-state index in [1.165, 1.54) is 11.8 Å². The number of carbonyl (C=O) groups is 3. The number of fused-ring (bicyclic) bond motifs is 3. The molecule has 3 amide bonds. The Morgan fingerprint density at radius 2 is 1.94 bits per heavy atom. The number of anilines is 1. The fourth-order valence-corrected chi connectivity index (χ4v) is 4.67. The monoisotopic (exact) mass is 439 g/mol. The van der Waals surface area contributed by atoms with Crippen LogP contribution in [0.1, 0.15) is 16.8 Å². The molecule has 31 heavy (non-hydrogen) atoms. The molecule has 0 bridgehead atoms. The lowest BCUT2D eigenvalue weighted by atomic mass is 10.0. The van der Waals surface area contributed by atoms with Gasteiger partial charge in [-0.15, -0.1) is 0 Å². The van der Waals surface area contributed by atoms with E-state index >= 15 is 0 Å². The van der Waals surface area contributed by atoms with Gasteiger partial charge in [0.1, 0.15) is 6.04 Å². The average molecular weight is 439 g/mol. The van der Waals surface area contributed by atoms with Crippen molar-refractivity contribution < 1.29 is 23.9 Å². The van der Waals surface area contributed by atoms with Crippen molar-refractivity contribution in [1.29, 1.82) is 0 Å². The number of rotatable bonds is 4. The maximum absolute atomic E-state index is 13.4. The van der Waals surface area contributed by atoms with E-state index in [1.54, 1.807) is 17.0 Å². The number of carbonyl (C=O) groups excluding carboxylic acids is 3. The van der Waals surface area contributed by atoms with Crippen molar-refractivity contribution in [2.24, 2.45) is 0 Å². The van der Waals surface area contributed by atoms with Crippen LogP contribution in [0, 0.1) is 0 Å². The Bertz CT molecular complexity index is 1090. The molecule has 1 saturated heterocycles. The van der Waals surface area contributed by atoms with E-state index in [0.717, 1.165) is 11.1 Å². The third-order valence-electron chi connectivity index (χ3n) is 5.76. The first-order chi connectivity index (χ1) is 15.0. The van der Waals surface area contributed by atoms with Crippen LogP contribution in [0.15, 0.2) is 36.4 Å². The molecule has 0 unspecified atom stereocenters. The highest BCUT2D eigenvalue weighted by Gasteiger charge is 2.45. The van der Waals surface area contributed by atoms with Crippen molar-refractivity contribution in [2.45, 2.75) is 18.5 Å². The second-order valence-corrected chi connectivity index (χ2v) is 8.52. The summed E-state index contributed by atoms with van der Waals surface area (Å²) in [6.45, 7) is 0.604. The van der Waals surface area contributed by atoms with Crippen molar-refractivity contribution in [3.05, 3.63) is 42.0 Å². The SMILES string of the molecule is CSCC(=O)N[C@H]1CCN2C(=O)c3cc(-c4ccc5c(c4)OCO5)ccc3NC(=O)[C@H]12. The zero-order chi connectivity index (χ0) is 21.5. The molecule has 0 spiro atoms. The fraction of sp³-hybridized carbons (Fsp3) is 0.318. The summed E-state index contributed by atoms with van der Waals surface area (Å²) in [6, 6.07) is 9.89. The summed E-state index contributed by atoms with van der Waals surface area (Å²) in [5.41, 5.74) is 2.63. The predicted molar refractivity (Wildman–Crippen MR) is 116 cm³/mol. The molecule has 8 nitrogen and oxygen atoms in total. The number of nitrogens with one attached hydrogen (secondary N) is 2. The Morgan fingerprint density at radius 1 is 1.16 bits per heavy atom. The van der Waals surface area contributed by atoms with Crippen LogP contribution in [-0.4, -0.2) is 60.1 Å². The predicted octanol–water partition coefficient (Wildman–Crippen LogP) is 2.10. The molecule has 0 radical (unpaired) electrons. The highest BCUT2D eigenvalue weighted by Crippen LogP contribution is 2.37. The zero-order valence-electron chi connectivity index (χ0n) is 16.8. The minimum absolute atomic E-state index is 0.133. The first-order valence-electron chi connectivity index (χ1n) is 9.99. The number of benzene rings is 2. The van der Waals surface area contributed by atoms with E-state index in [0.29, 0.717) is 41.5 Å². The Balaban J connectivity index is 1.45. The maximum Gasteiger partial charge on any atom is 0.256 e. The summed E-state index contributed by atoms with van der Waals surface area (Å²) < 4.78 is 10.8. The summed E-state index contributed by atoms with van der Waals surface area (Å²) in [5.74, 6) is 1.04. The number of ether oxygens (including phenoxy) is 2. The summed E-state index contributed by atoms with van der Waals surface area (Å²) in [6.07, 6.45) is 2.39. The molecule has 2 aromatic carbocycles. The van der Waals surface area contributed by atoms with Gasteiger partial charge in [-0.3, -0.25) is 14.4 Å². The molecule has 5 rings (SSSR count). The first-order valence-corrected chi connectivity index (χ1v) is 11.4. The summed E-state index contributed by atoms with van der Waals surface area (Å²) in [7, 11) is 0. The van der Waals surface area contributed by atoms with Crippen molar-refractivity contribution in [3.63, 3.8) is 0 Å². The smallest absolute Gasteiger partial charge is 0.256 e. The van der Waals surface area contributed by atoms with Gasteiger partial charge < -0.3 is 25.0 Å². The third-order valence-corrected chi connectivity index (χ3v) is 6.31. The van der Waals surface area contributed by atoms with Crippen molar-refractivity contribution >= 4 is 35.2 Å². The van der Waals surface area contributed by atoms with Crippen LogP contribution in [0.25, 0.3) is 11.1 Å². The molecule has 2 aromatic rings. The molecule has 1 fully saturated rings. The quantitative estimate of drug-likeness (QED) is 0.757. The van der Waals surface area contributed by atoms with Gasteiger partial charge in [-0.25, -0.2) is 0 Å². The van der Waals surface area contributed by atoms with Crippen molar-refractivity contribution in [2.75, 3.05) is 30.7 Å². The lowest BCUT2D eigenvalue weighted by molar-refractivity contribution is -0.122. The van der Waals surface area contributed by atoms with Crippen LogP contribution < -0.4 is 20.1 Å². The van der Waals surface area contributed by atoms with Gasteiger partial charge in [-0.2, -0.15) is 11.8 Å². The van der Waals surface area contributed by atoms with E-state index in [-0.39, 0.29) is 24.5 Å². The van der Waals surface area contributed by atoms with Gasteiger partial charge >= 0.3 is 0 Å². The van der Waals surface area contributed by atoms with Gasteiger partial charge in [0.2, 0.25) is 18.6 Å². The summed E-state index contributed by atoms with van der Waals surface area (Å²) >= 11 is 1.41. The highest BCUT2D eigenvalue weighted by molar-refractivity contribution is 7.99. The van der Waals surface area contributed by atoms with Gasteiger partial charge in [-0.05, 0) is 48.1 Å². The molecule has 9 heteroatoms. The molecule has 0 aliphatic carbocycles. The van der Waals surface area contributed by atoms with E-state index in [2.05, 4.69) is 10.6 Å². The van der Waals surface area contributed by atoms with Crippen LogP contribution in [-0.2, 0) is 9.59 Å². The standard InChI is InChI=1S/C22H21N3O5S/c1-31-10-19(26)23-16-6-7-25-20(16)21(27)24-15-4-2-12(8-14(15)22(25)28)13-3-5-17-18(9-13)30-11-29-17/h2-5,8-9,16,20H,6-7,10-11H2,1H3,(H,23,26)(H,24,27)/t16-,20-/m0/s1. The lowest BCUT2D eigenvalue weighted by Gasteiger charge is -2.24. The molecule has 3 aliphatic rings. The van der Waals surface area contributed by atoms with Gasteiger partial charge in [0, 0.05) is 6.54 Å². The van der Waals surface area contributed by atoms with E-state index in [9.17, 15) is 14.4 Å². The molecule has 2 N–H and O–H groups in total. The first kappa shape index (κ1) is 19.7. The Kier molecular flexibility index (Phi) is 4.97. The Labute approximate surface area is 183 Å². The molecule has 3 aliphatic heterocycles. The third kappa shape index (κ3) is 3.48.